The summed E-state index contributed by atoms with van der Waals surface area (Å²) in [4.78, 5) is 3.02. The van der Waals surface area contributed by atoms with Crippen LogP contribution in [0.25, 0.3) is 0 Å². The lowest BCUT2D eigenvalue weighted by atomic mass is 10.1. The molecule has 1 heterocycles. The van der Waals surface area contributed by atoms with E-state index in [2.05, 4.69) is 91.1 Å². The first-order valence-corrected chi connectivity index (χ1v) is 21.8. The van der Waals surface area contributed by atoms with Gasteiger partial charge in [0.15, 0.2) is 4.90 Å². The summed E-state index contributed by atoms with van der Waals surface area (Å²) in [7, 11) is -2.76. The fraction of sp³-hybridized carbons (Fsp3) is 0.415. The zero-order valence-electron chi connectivity index (χ0n) is 30.8. The summed E-state index contributed by atoms with van der Waals surface area (Å²) >= 11 is 5.00. The monoisotopic (exact) mass is 779 g/mol. The second-order valence-electron chi connectivity index (χ2n) is 14.6. The molecule has 0 aromatic heterocycles. The molecule has 1 aliphatic heterocycles. The van der Waals surface area contributed by atoms with Crippen LogP contribution in [0, 0.1) is 5.82 Å². The van der Waals surface area contributed by atoms with E-state index in [1.54, 1.807) is 12.1 Å². The molecule has 3 N–H and O–H groups in total. The minimum absolute atomic E-state index is 0.0178. The van der Waals surface area contributed by atoms with Crippen LogP contribution in [0.4, 0.5) is 4.39 Å². The van der Waals surface area contributed by atoms with Gasteiger partial charge in [-0.1, -0.05) is 93.0 Å². The van der Waals surface area contributed by atoms with Crippen molar-refractivity contribution in [3.05, 3.63) is 119 Å². The van der Waals surface area contributed by atoms with Gasteiger partial charge in [-0.25, -0.2) is 4.39 Å². The summed E-state index contributed by atoms with van der Waals surface area (Å²) in [5.41, 5.74) is 6.81. The highest BCUT2D eigenvalue weighted by molar-refractivity contribution is 7.89. The number of hydrogen-bond acceptors (Lipinski definition) is 8. The van der Waals surface area contributed by atoms with Gasteiger partial charge in [0, 0.05) is 30.2 Å². The Hall–Kier alpha value is -2.81. The minimum Gasteiger partial charge on any atom is -0.593 e. The van der Waals surface area contributed by atoms with Crippen molar-refractivity contribution in [2.75, 3.05) is 52.6 Å². The zero-order chi connectivity index (χ0) is 37.4. The van der Waals surface area contributed by atoms with Gasteiger partial charge in [0.25, 0.3) is 8.32 Å². The second kappa shape index (κ2) is 18.2. The van der Waals surface area contributed by atoms with E-state index in [0.717, 1.165) is 18.5 Å². The molecule has 1 aliphatic carbocycles. The standard InChI is InChI=1S/C41H51ClFN3O5SSi/c1-41(2,3)53(34-10-6-4-7-11-34,35-12-8-5-9-13-35)51-32-18-21-46(29-32)39-28-36-37(26-30(42)27-38(36)43)40(39)50-31-14-16-33(17-15-31)52(47)45-20-23-49-25-24-48-22-19-44/h4-17,26-27,32,39-40,45H,18-25,28-29,44H2,1-3H3/t32-,39+,40+,52?/m1/s1. The molecule has 0 saturated carbocycles. The lowest BCUT2D eigenvalue weighted by molar-refractivity contribution is 0.0530. The van der Waals surface area contributed by atoms with Crippen LogP contribution < -0.4 is 25.6 Å². The predicted octanol–water partition coefficient (Wildman–Crippen LogP) is 5.78. The third kappa shape index (κ3) is 9.36. The Morgan fingerprint density at radius 3 is 2.19 bits per heavy atom. The van der Waals surface area contributed by atoms with E-state index in [1.807, 2.05) is 18.2 Å². The van der Waals surface area contributed by atoms with Gasteiger partial charge in [0.2, 0.25) is 0 Å². The molecule has 6 rings (SSSR count). The molecular weight excluding hydrogens is 729 g/mol. The molecule has 1 fully saturated rings. The molecule has 2 aliphatic rings. The Labute approximate surface area is 322 Å². The molecule has 0 amide bonds. The molecular formula is C41H51ClFN3O5SSi. The van der Waals surface area contributed by atoms with Crippen LogP contribution in [0.3, 0.4) is 0 Å². The fourth-order valence-electron chi connectivity index (χ4n) is 7.65. The highest BCUT2D eigenvalue weighted by Gasteiger charge is 2.53. The third-order valence-corrected chi connectivity index (χ3v) is 16.6. The molecule has 0 radical (unpaired) electrons. The molecule has 4 aromatic rings. The average Bonchev–Trinajstić information content (AvgIpc) is 3.76. The van der Waals surface area contributed by atoms with Crippen molar-refractivity contribution in [1.29, 1.82) is 0 Å². The normalized spacial score (nSPS) is 19.7. The molecule has 1 unspecified atom stereocenters. The maximum Gasteiger partial charge on any atom is 0.261 e. The zero-order valence-corrected chi connectivity index (χ0v) is 33.3. The molecule has 0 bridgehead atoms. The van der Waals surface area contributed by atoms with Crippen molar-refractivity contribution in [2.24, 2.45) is 5.73 Å². The highest BCUT2D eigenvalue weighted by Crippen LogP contribution is 2.43. The number of nitrogens with one attached hydrogen (secondary N) is 1. The third-order valence-electron chi connectivity index (χ3n) is 10.1. The first kappa shape index (κ1) is 39.9. The van der Waals surface area contributed by atoms with Gasteiger partial charge in [-0.2, -0.15) is 0 Å². The lowest BCUT2D eigenvalue weighted by Crippen LogP contribution is -2.67. The summed E-state index contributed by atoms with van der Waals surface area (Å²) in [6, 6.07) is 31.7. The van der Waals surface area contributed by atoms with Crippen molar-refractivity contribution < 1.29 is 27.6 Å². The highest BCUT2D eigenvalue weighted by atomic mass is 35.5. The Bertz CT molecular complexity index is 1720. The van der Waals surface area contributed by atoms with Crippen molar-refractivity contribution in [2.45, 2.75) is 61.8 Å². The second-order valence-corrected chi connectivity index (χ2v) is 20.6. The number of fused-ring (bicyclic) bond motifs is 1. The quantitative estimate of drug-likeness (QED) is 0.0792. The summed E-state index contributed by atoms with van der Waals surface area (Å²) in [6.45, 7) is 11.1. The van der Waals surface area contributed by atoms with E-state index in [9.17, 15) is 4.55 Å². The average molecular weight is 780 g/mol. The SMILES string of the molecule is CC(C)(C)[Si](O[C@@H]1CCN([C@H]2Cc3c(F)cc(Cl)cc3[C@@H]2Oc2ccc([S+]([O-])NCCOCCOCCN)cc2)C1)(c1ccccc1)c1ccccc1. The number of halogens is 2. The predicted molar refractivity (Wildman–Crippen MR) is 213 cm³/mol. The molecule has 8 nitrogen and oxygen atoms in total. The number of hydrogen-bond donors (Lipinski definition) is 2. The van der Waals surface area contributed by atoms with Crippen molar-refractivity contribution in [3.63, 3.8) is 0 Å². The Balaban J connectivity index is 1.16. The first-order valence-electron chi connectivity index (χ1n) is 18.4. The molecule has 0 spiro atoms. The van der Waals surface area contributed by atoms with Crippen LogP contribution in [-0.2, 0) is 31.7 Å². The van der Waals surface area contributed by atoms with Gasteiger partial charge in [-0.3, -0.25) is 4.90 Å². The summed E-state index contributed by atoms with van der Waals surface area (Å²) in [6.07, 6.45) is 0.886. The first-order chi connectivity index (χ1) is 25.6. The maximum atomic E-state index is 15.5. The van der Waals surface area contributed by atoms with E-state index in [4.69, 9.17) is 36.0 Å². The van der Waals surface area contributed by atoms with E-state index in [0.29, 0.717) is 73.7 Å². The van der Waals surface area contributed by atoms with Gasteiger partial charge in [-0.15, -0.1) is 4.72 Å². The molecule has 4 aromatic carbocycles. The minimum atomic E-state index is -2.76. The van der Waals surface area contributed by atoms with E-state index >= 15 is 4.39 Å². The molecule has 284 valence electrons. The number of nitrogens with zero attached hydrogens (tertiary/aromatic N) is 1. The van der Waals surface area contributed by atoms with Gasteiger partial charge < -0.3 is 28.9 Å². The smallest absolute Gasteiger partial charge is 0.261 e. The molecule has 53 heavy (non-hydrogen) atoms. The lowest BCUT2D eigenvalue weighted by Gasteiger charge is -2.44. The van der Waals surface area contributed by atoms with Crippen molar-refractivity contribution in [1.82, 2.24) is 9.62 Å². The van der Waals surface area contributed by atoms with Crippen LogP contribution in [0.5, 0.6) is 5.75 Å². The van der Waals surface area contributed by atoms with Gasteiger partial charge in [-0.05, 0) is 70.2 Å². The van der Waals surface area contributed by atoms with Gasteiger partial charge in [0.1, 0.15) is 17.7 Å². The summed E-state index contributed by atoms with van der Waals surface area (Å²) in [5.74, 6) is 0.292. The van der Waals surface area contributed by atoms with Crippen LogP contribution in [0.1, 0.15) is 44.4 Å². The molecule has 12 heteroatoms. The van der Waals surface area contributed by atoms with Crippen molar-refractivity contribution >= 4 is 41.7 Å². The number of benzene rings is 4. The van der Waals surface area contributed by atoms with E-state index in [1.165, 1.54) is 16.4 Å². The number of likely N-dealkylation sites (tertiary alicyclic amines) is 1. The molecule has 4 atom stereocenters. The summed E-state index contributed by atoms with van der Waals surface area (Å²) < 4.78 is 56.4. The van der Waals surface area contributed by atoms with Crippen molar-refractivity contribution in [3.8, 4) is 5.75 Å². The Morgan fingerprint density at radius 2 is 1.57 bits per heavy atom. The summed E-state index contributed by atoms with van der Waals surface area (Å²) in [5, 5.41) is 2.70. The largest absolute Gasteiger partial charge is 0.593 e. The van der Waals surface area contributed by atoms with Crippen LogP contribution in [0.2, 0.25) is 10.1 Å². The maximum absolute atomic E-state index is 15.5. The van der Waals surface area contributed by atoms with E-state index in [-0.39, 0.29) is 23.0 Å². The molecule has 1 saturated heterocycles. The van der Waals surface area contributed by atoms with Crippen LogP contribution in [-0.4, -0.2) is 82.5 Å². The fourth-order valence-corrected chi connectivity index (χ4v) is 13.4. The topological polar surface area (TPSA) is 101 Å². The van der Waals surface area contributed by atoms with Gasteiger partial charge >= 0.3 is 0 Å². The number of nitrogens with two attached hydrogens (primary N) is 1. The van der Waals surface area contributed by atoms with E-state index < -0.39 is 25.8 Å². The number of ether oxygens (including phenoxy) is 3. The number of rotatable bonds is 17. The van der Waals surface area contributed by atoms with Gasteiger partial charge in [0.05, 0.1) is 56.5 Å². The Morgan fingerprint density at radius 1 is 0.925 bits per heavy atom. The van der Waals surface area contributed by atoms with Crippen LogP contribution in [0.15, 0.2) is 102 Å². The van der Waals surface area contributed by atoms with Crippen LogP contribution >= 0.6 is 11.6 Å². The Kier molecular flexibility index (Phi) is 13.7.